The molecule has 0 saturated carbocycles. The van der Waals surface area contributed by atoms with Crippen molar-refractivity contribution < 1.29 is 9.66 Å². The number of benzene rings is 1. The van der Waals surface area contributed by atoms with E-state index in [1.54, 1.807) is 18.2 Å². The highest BCUT2D eigenvalue weighted by molar-refractivity contribution is 6.30. The number of rotatable bonds is 5. The van der Waals surface area contributed by atoms with Crippen molar-refractivity contribution in [1.82, 2.24) is 9.97 Å². The second kappa shape index (κ2) is 6.36. The molecule has 1 N–H and O–H groups in total. The van der Waals surface area contributed by atoms with Crippen molar-refractivity contribution in [3.05, 3.63) is 45.2 Å². The zero-order valence-electron chi connectivity index (χ0n) is 11.5. The van der Waals surface area contributed by atoms with Gasteiger partial charge in [0.25, 0.3) is 0 Å². The Morgan fingerprint density at radius 1 is 1.43 bits per heavy atom. The molecule has 110 valence electrons. The van der Waals surface area contributed by atoms with Crippen molar-refractivity contribution in [2.24, 2.45) is 0 Å². The highest BCUT2D eigenvalue weighted by Gasteiger charge is 2.25. The van der Waals surface area contributed by atoms with Crippen molar-refractivity contribution in [3.8, 4) is 11.6 Å². The van der Waals surface area contributed by atoms with E-state index in [9.17, 15) is 10.1 Å². The molecule has 2 aromatic rings. The van der Waals surface area contributed by atoms with Gasteiger partial charge in [-0.15, -0.1) is 0 Å². The van der Waals surface area contributed by atoms with Gasteiger partial charge in [0.1, 0.15) is 12.1 Å². The molecule has 0 bridgehead atoms. The number of anilines is 1. The Bertz CT molecular complexity index is 678. The Kier molecular flexibility index (Phi) is 4.54. The number of nitrogens with zero attached hydrogens (tertiary/aromatic N) is 3. The Balaban J connectivity index is 2.46. The van der Waals surface area contributed by atoms with Crippen LogP contribution in [0.15, 0.2) is 24.5 Å². The maximum absolute atomic E-state index is 11.2. The minimum absolute atomic E-state index is 0.118. The van der Waals surface area contributed by atoms with E-state index in [0.29, 0.717) is 17.3 Å². The molecule has 0 atom stereocenters. The first-order chi connectivity index (χ1) is 10.0. The van der Waals surface area contributed by atoms with Gasteiger partial charge in [-0.1, -0.05) is 17.7 Å². The van der Waals surface area contributed by atoms with Crippen LogP contribution in [0.3, 0.4) is 0 Å². The topological polar surface area (TPSA) is 90.2 Å². The SMILES string of the molecule is CCNc1ncnc(Oc2cc(Cl)ccc2C)c1[N+](=O)[O-]. The number of aromatic nitrogens is 2. The van der Waals surface area contributed by atoms with Crippen LogP contribution in [0.4, 0.5) is 11.5 Å². The van der Waals surface area contributed by atoms with Gasteiger partial charge in [0, 0.05) is 11.6 Å². The zero-order chi connectivity index (χ0) is 15.4. The molecular formula is C13H13ClN4O3. The summed E-state index contributed by atoms with van der Waals surface area (Å²) in [7, 11) is 0. The molecule has 8 heteroatoms. The lowest BCUT2D eigenvalue weighted by molar-refractivity contribution is -0.385. The van der Waals surface area contributed by atoms with Crippen LogP contribution in [0, 0.1) is 17.0 Å². The molecule has 0 unspecified atom stereocenters. The van der Waals surface area contributed by atoms with Crippen LogP contribution in [0.5, 0.6) is 11.6 Å². The van der Waals surface area contributed by atoms with Crippen molar-refractivity contribution in [2.75, 3.05) is 11.9 Å². The van der Waals surface area contributed by atoms with Gasteiger partial charge in [0.2, 0.25) is 5.82 Å². The molecule has 0 saturated heterocycles. The van der Waals surface area contributed by atoms with Crippen LogP contribution in [0.1, 0.15) is 12.5 Å². The monoisotopic (exact) mass is 308 g/mol. The van der Waals surface area contributed by atoms with Crippen molar-refractivity contribution in [1.29, 1.82) is 0 Å². The number of aryl methyl sites for hydroxylation is 1. The molecule has 2 rings (SSSR count). The summed E-state index contributed by atoms with van der Waals surface area (Å²) in [6.07, 6.45) is 1.21. The quantitative estimate of drug-likeness (QED) is 0.670. The van der Waals surface area contributed by atoms with Crippen LogP contribution in [0.2, 0.25) is 5.02 Å². The second-order valence-electron chi connectivity index (χ2n) is 4.18. The van der Waals surface area contributed by atoms with Crippen LogP contribution in [-0.2, 0) is 0 Å². The third kappa shape index (κ3) is 3.38. The van der Waals surface area contributed by atoms with Crippen LogP contribution >= 0.6 is 11.6 Å². The predicted molar refractivity (Wildman–Crippen MR) is 79.1 cm³/mol. The van der Waals surface area contributed by atoms with E-state index in [-0.39, 0.29) is 17.4 Å². The molecule has 0 fully saturated rings. The van der Waals surface area contributed by atoms with E-state index in [0.717, 1.165) is 5.56 Å². The average Bonchev–Trinajstić information content (AvgIpc) is 2.43. The van der Waals surface area contributed by atoms with E-state index >= 15 is 0 Å². The Labute approximate surface area is 126 Å². The number of ether oxygens (including phenoxy) is 1. The zero-order valence-corrected chi connectivity index (χ0v) is 12.2. The van der Waals surface area contributed by atoms with Gasteiger partial charge < -0.3 is 10.1 Å². The van der Waals surface area contributed by atoms with Gasteiger partial charge in [-0.25, -0.2) is 4.98 Å². The Morgan fingerprint density at radius 2 is 2.19 bits per heavy atom. The predicted octanol–water partition coefficient (Wildman–Crippen LogP) is 3.57. The van der Waals surface area contributed by atoms with Gasteiger partial charge in [-0.05, 0) is 31.5 Å². The maximum atomic E-state index is 11.2. The number of nitro groups is 1. The summed E-state index contributed by atoms with van der Waals surface area (Å²) in [5, 5.41) is 14.5. The van der Waals surface area contributed by atoms with E-state index in [1.165, 1.54) is 6.33 Å². The Morgan fingerprint density at radius 3 is 2.86 bits per heavy atom. The molecular weight excluding hydrogens is 296 g/mol. The highest BCUT2D eigenvalue weighted by atomic mass is 35.5. The summed E-state index contributed by atoms with van der Waals surface area (Å²) in [4.78, 5) is 18.4. The van der Waals surface area contributed by atoms with Gasteiger partial charge in [-0.3, -0.25) is 10.1 Å². The molecule has 21 heavy (non-hydrogen) atoms. The molecule has 7 nitrogen and oxygen atoms in total. The first-order valence-corrected chi connectivity index (χ1v) is 6.58. The molecule has 1 aromatic carbocycles. The van der Waals surface area contributed by atoms with E-state index in [1.807, 2.05) is 13.8 Å². The van der Waals surface area contributed by atoms with Crippen LogP contribution < -0.4 is 10.1 Å². The fourth-order valence-corrected chi connectivity index (χ4v) is 1.85. The molecule has 1 aromatic heterocycles. The Hall–Kier alpha value is -2.41. The molecule has 0 amide bonds. The molecule has 0 aliphatic carbocycles. The third-order valence-electron chi connectivity index (χ3n) is 2.67. The van der Waals surface area contributed by atoms with Gasteiger partial charge >= 0.3 is 11.6 Å². The largest absolute Gasteiger partial charge is 0.433 e. The summed E-state index contributed by atoms with van der Waals surface area (Å²) >= 11 is 5.91. The second-order valence-corrected chi connectivity index (χ2v) is 4.61. The highest BCUT2D eigenvalue weighted by Crippen LogP contribution is 2.35. The van der Waals surface area contributed by atoms with Crippen molar-refractivity contribution >= 4 is 23.1 Å². The first-order valence-electron chi connectivity index (χ1n) is 6.20. The summed E-state index contributed by atoms with van der Waals surface area (Å²) in [6, 6.07) is 5.05. The number of nitrogens with one attached hydrogen (secondary N) is 1. The fraction of sp³-hybridized carbons (Fsp3) is 0.231. The summed E-state index contributed by atoms with van der Waals surface area (Å²) in [5.41, 5.74) is 0.482. The average molecular weight is 309 g/mol. The number of halogens is 1. The number of hydrogen-bond donors (Lipinski definition) is 1. The molecule has 0 aliphatic heterocycles. The lowest BCUT2D eigenvalue weighted by Gasteiger charge is -2.10. The van der Waals surface area contributed by atoms with Gasteiger partial charge in [-0.2, -0.15) is 4.98 Å². The minimum atomic E-state index is -0.576. The lowest BCUT2D eigenvalue weighted by atomic mass is 10.2. The summed E-state index contributed by atoms with van der Waals surface area (Å²) in [5.74, 6) is 0.398. The van der Waals surface area contributed by atoms with Crippen LogP contribution in [0.25, 0.3) is 0 Å². The van der Waals surface area contributed by atoms with Gasteiger partial charge in [0.15, 0.2) is 0 Å². The van der Waals surface area contributed by atoms with E-state index < -0.39 is 4.92 Å². The summed E-state index contributed by atoms with van der Waals surface area (Å²) < 4.78 is 5.55. The molecule has 0 spiro atoms. The first kappa shape index (κ1) is 15.0. The summed E-state index contributed by atoms with van der Waals surface area (Å²) in [6.45, 7) is 4.12. The van der Waals surface area contributed by atoms with Gasteiger partial charge in [0.05, 0.1) is 4.92 Å². The van der Waals surface area contributed by atoms with Crippen molar-refractivity contribution in [2.45, 2.75) is 13.8 Å². The standard InChI is InChI=1S/C13H13ClN4O3/c1-3-15-12-11(18(19)20)13(17-7-16-12)21-10-6-9(14)5-4-8(10)2/h4-7H,3H2,1-2H3,(H,15,16,17). The minimum Gasteiger partial charge on any atom is -0.433 e. The third-order valence-corrected chi connectivity index (χ3v) is 2.91. The smallest absolute Gasteiger partial charge is 0.373 e. The molecule has 0 radical (unpaired) electrons. The maximum Gasteiger partial charge on any atom is 0.373 e. The lowest BCUT2D eigenvalue weighted by Crippen LogP contribution is -2.06. The van der Waals surface area contributed by atoms with E-state index in [2.05, 4.69) is 15.3 Å². The van der Waals surface area contributed by atoms with Crippen molar-refractivity contribution in [3.63, 3.8) is 0 Å². The van der Waals surface area contributed by atoms with E-state index in [4.69, 9.17) is 16.3 Å². The number of hydrogen-bond acceptors (Lipinski definition) is 6. The molecule has 1 heterocycles. The van der Waals surface area contributed by atoms with Crippen LogP contribution in [-0.4, -0.2) is 21.4 Å². The fourth-order valence-electron chi connectivity index (χ4n) is 1.69. The normalized spacial score (nSPS) is 10.2. The molecule has 0 aliphatic rings.